The van der Waals surface area contributed by atoms with Crippen LogP contribution in [0.1, 0.15) is 66.2 Å². The van der Waals surface area contributed by atoms with E-state index in [1.165, 1.54) is 51.6 Å². The molecule has 0 bridgehead atoms. The topological polar surface area (TPSA) is 15.3 Å². The number of piperazine rings is 1. The smallest absolute Gasteiger partial charge is 0.0252 e. The van der Waals surface area contributed by atoms with E-state index < -0.39 is 0 Å². The molecule has 1 aliphatic heterocycles. The summed E-state index contributed by atoms with van der Waals surface area (Å²) < 4.78 is 0. The van der Waals surface area contributed by atoms with E-state index in [0.29, 0.717) is 12.1 Å². The van der Waals surface area contributed by atoms with Gasteiger partial charge in [-0.3, -0.25) is 4.90 Å². The molecule has 1 aliphatic carbocycles. The zero-order valence-electron chi connectivity index (χ0n) is 13.5. The number of hydrogen-bond acceptors (Lipinski definition) is 2. The highest BCUT2D eigenvalue weighted by Gasteiger charge is 2.36. The molecule has 2 nitrogen and oxygen atoms in total. The summed E-state index contributed by atoms with van der Waals surface area (Å²) in [5.41, 5.74) is 0. The maximum Gasteiger partial charge on any atom is 0.0252 e. The minimum absolute atomic E-state index is 0.695. The largest absolute Gasteiger partial charge is 0.311 e. The van der Waals surface area contributed by atoms with Gasteiger partial charge in [-0.25, -0.2) is 0 Å². The maximum atomic E-state index is 3.86. The lowest BCUT2D eigenvalue weighted by atomic mass is 9.81. The van der Waals surface area contributed by atoms with Crippen LogP contribution in [0.4, 0.5) is 0 Å². The van der Waals surface area contributed by atoms with E-state index in [4.69, 9.17) is 0 Å². The molecule has 1 heterocycles. The second-order valence-corrected chi connectivity index (χ2v) is 7.16. The fourth-order valence-corrected chi connectivity index (χ4v) is 4.03. The molecule has 2 rings (SSSR count). The molecule has 0 aromatic carbocycles. The Morgan fingerprint density at radius 3 is 2.37 bits per heavy atom. The van der Waals surface area contributed by atoms with Gasteiger partial charge in [-0.2, -0.15) is 0 Å². The Morgan fingerprint density at radius 2 is 1.79 bits per heavy atom. The summed E-state index contributed by atoms with van der Waals surface area (Å²) in [4.78, 5) is 2.81. The molecule has 112 valence electrons. The van der Waals surface area contributed by atoms with E-state index in [2.05, 4.69) is 37.9 Å². The van der Waals surface area contributed by atoms with Crippen molar-refractivity contribution < 1.29 is 0 Å². The van der Waals surface area contributed by atoms with Crippen molar-refractivity contribution in [3.63, 3.8) is 0 Å². The summed E-state index contributed by atoms with van der Waals surface area (Å²) in [6.07, 6.45) is 8.60. The first-order valence-electron chi connectivity index (χ1n) is 8.62. The van der Waals surface area contributed by atoms with Crippen LogP contribution in [-0.2, 0) is 0 Å². The van der Waals surface area contributed by atoms with E-state index in [1.54, 1.807) is 0 Å². The van der Waals surface area contributed by atoms with E-state index in [0.717, 1.165) is 17.9 Å². The van der Waals surface area contributed by atoms with Crippen LogP contribution in [0.3, 0.4) is 0 Å². The average Bonchev–Trinajstić information content (AvgIpc) is 2.46. The molecule has 0 amide bonds. The van der Waals surface area contributed by atoms with Crippen molar-refractivity contribution in [2.75, 3.05) is 13.1 Å². The van der Waals surface area contributed by atoms with Crippen molar-refractivity contribution >= 4 is 0 Å². The van der Waals surface area contributed by atoms with Crippen LogP contribution in [0, 0.1) is 11.8 Å². The summed E-state index contributed by atoms with van der Waals surface area (Å²) in [6, 6.07) is 2.19. The van der Waals surface area contributed by atoms with Gasteiger partial charge < -0.3 is 5.32 Å². The van der Waals surface area contributed by atoms with Crippen molar-refractivity contribution in [2.45, 2.75) is 84.3 Å². The SMILES string of the molecule is CCC(C)C1CN(C(C)C)C(C2CCCCC2)CN1. The second-order valence-electron chi connectivity index (χ2n) is 7.16. The van der Waals surface area contributed by atoms with Crippen molar-refractivity contribution in [3.05, 3.63) is 0 Å². The fraction of sp³-hybridized carbons (Fsp3) is 1.00. The van der Waals surface area contributed by atoms with Crippen LogP contribution in [0.15, 0.2) is 0 Å². The Balaban J connectivity index is 1.99. The van der Waals surface area contributed by atoms with Crippen LogP contribution in [0.5, 0.6) is 0 Å². The maximum absolute atomic E-state index is 3.86. The highest BCUT2D eigenvalue weighted by Crippen LogP contribution is 2.31. The Bertz CT molecular complexity index is 258. The molecule has 1 saturated carbocycles. The van der Waals surface area contributed by atoms with Gasteiger partial charge in [0.05, 0.1) is 0 Å². The monoisotopic (exact) mass is 266 g/mol. The summed E-state index contributed by atoms with van der Waals surface area (Å²) in [5, 5.41) is 3.86. The zero-order chi connectivity index (χ0) is 13.8. The molecule has 2 heteroatoms. The normalized spacial score (nSPS) is 32.7. The highest BCUT2D eigenvalue weighted by atomic mass is 15.3. The molecule has 0 aromatic rings. The summed E-state index contributed by atoms with van der Waals surface area (Å²) in [7, 11) is 0. The van der Waals surface area contributed by atoms with Crippen molar-refractivity contribution in [2.24, 2.45) is 11.8 Å². The lowest BCUT2D eigenvalue weighted by Gasteiger charge is -2.48. The van der Waals surface area contributed by atoms with Crippen molar-refractivity contribution in [1.82, 2.24) is 10.2 Å². The number of rotatable bonds is 4. The summed E-state index contributed by atoms with van der Waals surface area (Å²) in [6.45, 7) is 12.0. The molecule has 2 aliphatic rings. The third-order valence-corrected chi connectivity index (χ3v) is 5.61. The van der Waals surface area contributed by atoms with E-state index in [1.807, 2.05) is 0 Å². The molecule has 3 atom stereocenters. The second kappa shape index (κ2) is 7.08. The molecule has 2 fully saturated rings. The molecule has 0 spiro atoms. The van der Waals surface area contributed by atoms with Gasteiger partial charge in [0.25, 0.3) is 0 Å². The van der Waals surface area contributed by atoms with Crippen molar-refractivity contribution in [3.8, 4) is 0 Å². The van der Waals surface area contributed by atoms with Gasteiger partial charge in [-0.05, 0) is 38.5 Å². The molecule has 3 unspecified atom stereocenters. The summed E-state index contributed by atoms with van der Waals surface area (Å²) >= 11 is 0. The number of nitrogens with zero attached hydrogens (tertiary/aromatic N) is 1. The molecule has 1 saturated heterocycles. The number of hydrogen-bond donors (Lipinski definition) is 1. The first-order chi connectivity index (χ1) is 9.13. The predicted octanol–water partition coefficient (Wildman–Crippen LogP) is 3.66. The van der Waals surface area contributed by atoms with Gasteiger partial charge in [0.1, 0.15) is 0 Å². The Kier molecular flexibility index (Phi) is 5.70. The lowest BCUT2D eigenvalue weighted by molar-refractivity contribution is 0.0358. The van der Waals surface area contributed by atoms with Gasteiger partial charge in [0, 0.05) is 31.2 Å². The molecule has 19 heavy (non-hydrogen) atoms. The highest BCUT2D eigenvalue weighted by molar-refractivity contribution is 4.93. The lowest BCUT2D eigenvalue weighted by Crippen LogP contribution is -2.62. The average molecular weight is 266 g/mol. The quantitative estimate of drug-likeness (QED) is 0.835. The summed E-state index contributed by atoms with van der Waals surface area (Å²) in [5.74, 6) is 1.75. The van der Waals surface area contributed by atoms with Gasteiger partial charge in [0.2, 0.25) is 0 Å². The standard InChI is InChI=1S/C17H34N2/c1-5-14(4)16-12-19(13(2)3)17(11-18-16)15-9-7-6-8-10-15/h13-18H,5-12H2,1-4H3. The van der Waals surface area contributed by atoms with Gasteiger partial charge >= 0.3 is 0 Å². The fourth-order valence-electron chi connectivity index (χ4n) is 4.03. The first-order valence-corrected chi connectivity index (χ1v) is 8.62. The third kappa shape index (κ3) is 3.72. The van der Waals surface area contributed by atoms with E-state index in [9.17, 15) is 0 Å². The molecular formula is C17H34N2. The van der Waals surface area contributed by atoms with E-state index in [-0.39, 0.29) is 0 Å². The molecule has 0 aromatic heterocycles. The third-order valence-electron chi connectivity index (χ3n) is 5.61. The van der Waals surface area contributed by atoms with Gasteiger partial charge in [-0.1, -0.05) is 39.5 Å². The zero-order valence-corrected chi connectivity index (χ0v) is 13.5. The predicted molar refractivity (Wildman–Crippen MR) is 83.5 cm³/mol. The van der Waals surface area contributed by atoms with Crippen LogP contribution in [0.25, 0.3) is 0 Å². The Morgan fingerprint density at radius 1 is 1.11 bits per heavy atom. The first kappa shape index (κ1) is 15.3. The number of nitrogens with one attached hydrogen (secondary N) is 1. The van der Waals surface area contributed by atoms with Crippen LogP contribution < -0.4 is 5.32 Å². The molecule has 1 N–H and O–H groups in total. The van der Waals surface area contributed by atoms with Crippen molar-refractivity contribution in [1.29, 1.82) is 0 Å². The minimum Gasteiger partial charge on any atom is -0.311 e. The van der Waals surface area contributed by atoms with Crippen LogP contribution in [0.2, 0.25) is 0 Å². The molecular weight excluding hydrogens is 232 g/mol. The van der Waals surface area contributed by atoms with Gasteiger partial charge in [-0.15, -0.1) is 0 Å². The van der Waals surface area contributed by atoms with Crippen LogP contribution >= 0.6 is 0 Å². The van der Waals surface area contributed by atoms with Gasteiger partial charge in [0.15, 0.2) is 0 Å². The Hall–Kier alpha value is -0.0800. The molecule has 0 radical (unpaired) electrons. The van der Waals surface area contributed by atoms with E-state index >= 15 is 0 Å². The minimum atomic E-state index is 0.695. The Labute approximate surface area is 120 Å². The van der Waals surface area contributed by atoms with Crippen LogP contribution in [-0.4, -0.2) is 36.1 Å².